The molecule has 3 aromatic heterocycles. The summed E-state index contributed by atoms with van der Waals surface area (Å²) >= 11 is 6.51. The molecular formula is C45H40ClN8O3P. The Bertz CT molecular complexity index is 2840. The van der Waals surface area contributed by atoms with E-state index in [2.05, 4.69) is 25.9 Å². The average Bonchev–Trinajstić information content (AvgIpc) is 3.61. The van der Waals surface area contributed by atoms with Gasteiger partial charge in [0, 0.05) is 33.8 Å². The van der Waals surface area contributed by atoms with Crippen molar-refractivity contribution in [2.45, 2.75) is 25.5 Å². The van der Waals surface area contributed by atoms with Crippen LogP contribution in [0.15, 0.2) is 140 Å². The predicted octanol–water partition coefficient (Wildman–Crippen LogP) is 9.52. The number of carbonyl (C=O) groups is 1. The number of nitrogens with zero attached hydrogens (tertiary/aromatic N) is 5. The van der Waals surface area contributed by atoms with Gasteiger partial charge in [-0.15, -0.1) is 0 Å². The minimum absolute atomic E-state index is 0.248. The molecule has 2 atom stereocenters. The lowest BCUT2D eigenvalue weighted by atomic mass is 9.99. The minimum Gasteiger partial charge on any atom is -0.381 e. The highest BCUT2D eigenvalue weighted by molar-refractivity contribution is 7.70. The Hall–Kier alpha value is -6.39. The highest BCUT2D eigenvalue weighted by atomic mass is 35.5. The number of aliphatic hydroxyl groups excluding tert-OH is 1. The average molecular weight is 807 g/mol. The Kier molecular flexibility index (Phi) is 10.8. The first kappa shape index (κ1) is 38.5. The van der Waals surface area contributed by atoms with Crippen LogP contribution in [0.3, 0.4) is 0 Å². The third-order valence-corrected chi connectivity index (χ3v) is 11.8. The van der Waals surface area contributed by atoms with E-state index in [-0.39, 0.29) is 11.0 Å². The van der Waals surface area contributed by atoms with Crippen LogP contribution in [-0.2, 0) is 15.8 Å². The quantitative estimate of drug-likeness (QED) is 0.0887. The van der Waals surface area contributed by atoms with Crippen molar-refractivity contribution in [3.8, 4) is 11.4 Å². The van der Waals surface area contributed by atoms with E-state index in [1.165, 1.54) is 6.20 Å². The number of halogens is 1. The van der Waals surface area contributed by atoms with Crippen LogP contribution in [0.4, 0.5) is 28.8 Å². The number of para-hydroxylation sites is 4. The van der Waals surface area contributed by atoms with Crippen LogP contribution in [0.5, 0.6) is 0 Å². The molecule has 0 aliphatic rings. The fraction of sp³-hybridized carbons (Fsp3) is 0.133. The molecule has 4 N–H and O–H groups in total. The van der Waals surface area contributed by atoms with Gasteiger partial charge in [0.15, 0.2) is 11.9 Å². The summed E-state index contributed by atoms with van der Waals surface area (Å²) in [6.45, 7) is 5.33. The van der Waals surface area contributed by atoms with Crippen molar-refractivity contribution in [3.05, 3.63) is 156 Å². The summed E-state index contributed by atoms with van der Waals surface area (Å²) in [5, 5.41) is 23.5. The summed E-state index contributed by atoms with van der Waals surface area (Å²) < 4.78 is 15.0. The number of aliphatic hydroxyl groups is 1. The van der Waals surface area contributed by atoms with Gasteiger partial charge in [0.2, 0.25) is 5.95 Å². The molecule has 8 aromatic rings. The van der Waals surface area contributed by atoms with E-state index in [1.54, 1.807) is 31.7 Å². The van der Waals surface area contributed by atoms with E-state index in [0.29, 0.717) is 40.4 Å². The highest BCUT2D eigenvalue weighted by Crippen LogP contribution is 2.39. The number of aromatic nitrogens is 5. The Labute approximate surface area is 340 Å². The molecule has 0 fully saturated rings. The number of hydrogen-bond acceptors (Lipinski definition) is 9. The topological polar surface area (TPSA) is 147 Å². The monoisotopic (exact) mass is 806 g/mol. The van der Waals surface area contributed by atoms with Crippen LogP contribution in [0.1, 0.15) is 17.2 Å². The van der Waals surface area contributed by atoms with Crippen molar-refractivity contribution in [3.63, 3.8) is 0 Å². The molecule has 0 aliphatic carbocycles. The second-order valence-electron chi connectivity index (χ2n) is 14.4. The lowest BCUT2D eigenvalue weighted by molar-refractivity contribution is -0.126. The number of hydrogen-bond donors (Lipinski definition) is 4. The van der Waals surface area contributed by atoms with Gasteiger partial charge >= 0.3 is 0 Å². The van der Waals surface area contributed by atoms with Gasteiger partial charge in [-0.3, -0.25) is 9.78 Å². The number of pyridine rings is 1. The second kappa shape index (κ2) is 16.2. The number of fused-ring (bicyclic) bond motifs is 2. The molecule has 0 aliphatic heterocycles. The molecule has 0 radical (unpaired) electrons. The number of imidazole rings is 1. The van der Waals surface area contributed by atoms with Gasteiger partial charge in [-0.05, 0) is 86.3 Å². The summed E-state index contributed by atoms with van der Waals surface area (Å²) in [7, 11) is -2.60. The SMILES string of the molecule is Cc1ccc(NC(=O)C(O)C(Cc2ccccc2)n2c(-c3cccc4cccnc34)nc3ccccc32)cc1Nc1ncc(Cl)c(Nc2ccccc2P(C)(C)=O)n1. The van der Waals surface area contributed by atoms with E-state index < -0.39 is 25.2 Å². The predicted molar refractivity (Wildman–Crippen MR) is 235 cm³/mol. The number of carbonyl (C=O) groups excluding carboxylic acids is 1. The number of benzene rings is 5. The number of aryl methyl sites for hydroxylation is 1. The van der Waals surface area contributed by atoms with Crippen LogP contribution >= 0.6 is 18.7 Å². The van der Waals surface area contributed by atoms with Crippen molar-refractivity contribution in [2.75, 3.05) is 29.3 Å². The molecule has 5 aromatic carbocycles. The van der Waals surface area contributed by atoms with E-state index >= 15 is 0 Å². The number of rotatable bonds is 12. The van der Waals surface area contributed by atoms with Crippen molar-refractivity contribution >= 4 is 80.7 Å². The fourth-order valence-electron chi connectivity index (χ4n) is 7.09. The molecular weight excluding hydrogens is 767 g/mol. The third kappa shape index (κ3) is 8.06. The zero-order valence-corrected chi connectivity index (χ0v) is 33.6. The molecule has 0 saturated carbocycles. The second-order valence-corrected chi connectivity index (χ2v) is 18.0. The minimum atomic E-state index is -2.60. The Morgan fingerprint density at radius 3 is 2.41 bits per heavy atom. The molecule has 290 valence electrons. The van der Waals surface area contributed by atoms with Crippen LogP contribution in [0.2, 0.25) is 5.02 Å². The van der Waals surface area contributed by atoms with E-state index in [4.69, 9.17) is 21.6 Å². The molecule has 3 heterocycles. The van der Waals surface area contributed by atoms with Gasteiger partial charge in [0.1, 0.15) is 18.0 Å². The summed E-state index contributed by atoms with van der Waals surface area (Å²) in [5.41, 5.74) is 6.58. The van der Waals surface area contributed by atoms with Gasteiger partial charge < -0.3 is 30.2 Å². The molecule has 13 heteroatoms. The first-order valence-corrected chi connectivity index (χ1v) is 21.7. The Balaban J connectivity index is 1.11. The molecule has 11 nitrogen and oxygen atoms in total. The number of anilines is 5. The third-order valence-electron chi connectivity index (χ3n) is 9.95. The number of amides is 1. The number of nitrogens with one attached hydrogen (secondary N) is 3. The van der Waals surface area contributed by atoms with Gasteiger partial charge in [0.05, 0.1) is 34.5 Å². The summed E-state index contributed by atoms with van der Waals surface area (Å²) in [5.74, 6) is 0.587. The maximum absolute atomic E-state index is 14.2. The zero-order chi connectivity index (χ0) is 40.4. The van der Waals surface area contributed by atoms with Crippen molar-refractivity contribution in [1.82, 2.24) is 24.5 Å². The summed E-state index contributed by atoms with van der Waals surface area (Å²) in [4.78, 5) is 33.0. The standard InChI is InChI=1S/C45H40ClN8O3P/c1-28-22-23-31(26-36(28)52-45-48-27-33(46)42(53-45)50-35-19-8-10-21-39(35)58(2,3)57)49-44(56)41(55)38(25-29-13-5-4-6-14-29)54-37-20-9-7-18-34(37)51-43(54)32-17-11-15-30-16-12-24-47-40(30)32/h4-24,26-27,38,41,55H,25H2,1-3H3,(H,49,56)(H2,48,50,52,53). The first-order chi connectivity index (χ1) is 28.0. The molecule has 2 unspecified atom stereocenters. The fourth-order valence-corrected chi connectivity index (χ4v) is 8.39. The van der Waals surface area contributed by atoms with E-state index in [9.17, 15) is 14.5 Å². The van der Waals surface area contributed by atoms with Crippen LogP contribution in [0, 0.1) is 6.92 Å². The van der Waals surface area contributed by atoms with Crippen LogP contribution in [0.25, 0.3) is 33.3 Å². The van der Waals surface area contributed by atoms with Gasteiger partial charge in [-0.2, -0.15) is 4.98 Å². The maximum atomic E-state index is 14.2. The normalized spacial score (nSPS) is 12.6. The summed E-state index contributed by atoms with van der Waals surface area (Å²) in [6, 6.07) is 39.3. The largest absolute Gasteiger partial charge is 0.381 e. The zero-order valence-electron chi connectivity index (χ0n) is 32.0. The molecule has 8 rings (SSSR count). The van der Waals surface area contributed by atoms with Gasteiger partial charge in [-0.25, -0.2) is 9.97 Å². The highest BCUT2D eigenvalue weighted by Gasteiger charge is 2.32. The molecule has 0 bridgehead atoms. The lowest BCUT2D eigenvalue weighted by Gasteiger charge is -2.27. The van der Waals surface area contributed by atoms with Crippen molar-refractivity contribution in [2.24, 2.45) is 0 Å². The smallest absolute Gasteiger partial charge is 0.255 e. The molecule has 58 heavy (non-hydrogen) atoms. The Morgan fingerprint density at radius 1 is 0.828 bits per heavy atom. The van der Waals surface area contributed by atoms with E-state index in [0.717, 1.165) is 38.6 Å². The first-order valence-electron chi connectivity index (χ1n) is 18.7. The van der Waals surface area contributed by atoms with Crippen LogP contribution < -0.4 is 21.3 Å². The van der Waals surface area contributed by atoms with Gasteiger partial charge in [0.25, 0.3) is 5.91 Å². The summed E-state index contributed by atoms with van der Waals surface area (Å²) in [6.07, 6.45) is 2.06. The Morgan fingerprint density at radius 2 is 1.59 bits per heavy atom. The maximum Gasteiger partial charge on any atom is 0.255 e. The van der Waals surface area contributed by atoms with Crippen molar-refractivity contribution in [1.29, 1.82) is 0 Å². The molecule has 0 spiro atoms. The molecule has 1 amide bonds. The lowest BCUT2D eigenvalue weighted by Crippen LogP contribution is -2.37. The molecule has 0 saturated heterocycles. The van der Waals surface area contributed by atoms with Crippen LogP contribution in [-0.4, -0.2) is 55.0 Å². The van der Waals surface area contributed by atoms with Gasteiger partial charge in [-0.1, -0.05) is 90.5 Å². The van der Waals surface area contributed by atoms with E-state index in [1.807, 2.05) is 127 Å². The van der Waals surface area contributed by atoms with Crippen molar-refractivity contribution < 1.29 is 14.5 Å².